The largest absolute Gasteiger partial charge is 0.398 e. The molecule has 3 nitrogen and oxygen atoms in total. The Morgan fingerprint density at radius 2 is 2.29 bits per heavy atom. The Kier molecular flexibility index (Phi) is 3.57. The molecule has 1 fully saturated rings. The molecule has 0 spiro atoms. The third kappa shape index (κ3) is 2.55. The molecule has 1 aliphatic heterocycles. The van der Waals surface area contributed by atoms with E-state index in [0.717, 1.165) is 18.5 Å². The fourth-order valence-corrected chi connectivity index (χ4v) is 2.45. The molecule has 1 aliphatic rings. The summed E-state index contributed by atoms with van der Waals surface area (Å²) >= 11 is 6.11. The van der Waals surface area contributed by atoms with Gasteiger partial charge in [-0.05, 0) is 18.1 Å². The molecule has 2 N–H and O–H groups in total. The van der Waals surface area contributed by atoms with Crippen LogP contribution in [0.3, 0.4) is 0 Å². The zero-order valence-electron chi connectivity index (χ0n) is 9.95. The average Bonchev–Trinajstić information content (AvgIpc) is 2.65. The molecule has 1 aromatic carbocycles. The number of halogens is 1. The van der Waals surface area contributed by atoms with Gasteiger partial charge >= 0.3 is 0 Å². The van der Waals surface area contributed by atoms with Gasteiger partial charge in [0.05, 0.1) is 0 Å². The Balaban J connectivity index is 2.14. The lowest BCUT2D eigenvalue weighted by Crippen LogP contribution is -2.25. The van der Waals surface area contributed by atoms with Crippen LogP contribution in [0.2, 0.25) is 5.02 Å². The fourth-order valence-electron chi connectivity index (χ4n) is 2.21. The van der Waals surface area contributed by atoms with Crippen LogP contribution in [0.5, 0.6) is 0 Å². The second-order valence-corrected chi connectivity index (χ2v) is 4.97. The SMILES string of the molecule is CCC1CC(=O)N(Cc2c(N)cccc2Cl)C1. The van der Waals surface area contributed by atoms with Gasteiger partial charge in [0.2, 0.25) is 5.91 Å². The summed E-state index contributed by atoms with van der Waals surface area (Å²) in [7, 11) is 0. The molecule has 1 atom stereocenters. The Morgan fingerprint density at radius 1 is 1.53 bits per heavy atom. The van der Waals surface area contributed by atoms with Crippen molar-refractivity contribution in [2.24, 2.45) is 5.92 Å². The normalized spacial score (nSPS) is 20.0. The average molecular weight is 253 g/mol. The second kappa shape index (κ2) is 4.96. The van der Waals surface area contributed by atoms with E-state index in [1.54, 1.807) is 0 Å². The summed E-state index contributed by atoms with van der Waals surface area (Å²) in [6, 6.07) is 5.45. The highest BCUT2D eigenvalue weighted by Gasteiger charge is 2.28. The number of nitrogens with zero attached hydrogens (tertiary/aromatic N) is 1. The number of carbonyl (C=O) groups excluding carboxylic acids is 1. The first kappa shape index (κ1) is 12.2. The van der Waals surface area contributed by atoms with Crippen LogP contribution in [-0.2, 0) is 11.3 Å². The van der Waals surface area contributed by atoms with Crippen LogP contribution in [0.4, 0.5) is 5.69 Å². The van der Waals surface area contributed by atoms with E-state index in [0.29, 0.717) is 29.6 Å². The minimum atomic E-state index is 0.205. The summed E-state index contributed by atoms with van der Waals surface area (Å²) in [5.74, 6) is 0.683. The molecule has 1 unspecified atom stereocenters. The van der Waals surface area contributed by atoms with E-state index in [-0.39, 0.29) is 5.91 Å². The Labute approximate surface area is 107 Å². The standard InChI is InChI=1S/C13H17ClN2O/c1-2-9-6-13(17)16(7-9)8-10-11(14)4-3-5-12(10)15/h3-5,9H,2,6-8,15H2,1H3. The molecular formula is C13H17ClN2O. The molecule has 17 heavy (non-hydrogen) atoms. The van der Waals surface area contributed by atoms with Gasteiger partial charge in [0.15, 0.2) is 0 Å². The topological polar surface area (TPSA) is 46.3 Å². The van der Waals surface area contributed by atoms with Gasteiger partial charge in [-0.25, -0.2) is 0 Å². The van der Waals surface area contributed by atoms with Crippen LogP contribution >= 0.6 is 11.6 Å². The van der Waals surface area contributed by atoms with Gasteiger partial charge in [-0.15, -0.1) is 0 Å². The van der Waals surface area contributed by atoms with Gasteiger partial charge in [0.1, 0.15) is 0 Å². The van der Waals surface area contributed by atoms with Crippen molar-refractivity contribution in [2.75, 3.05) is 12.3 Å². The summed E-state index contributed by atoms with van der Waals surface area (Å²) in [5, 5.41) is 0.637. The molecule has 1 aromatic rings. The summed E-state index contributed by atoms with van der Waals surface area (Å²) in [6.07, 6.45) is 1.70. The van der Waals surface area contributed by atoms with Crippen molar-refractivity contribution >= 4 is 23.2 Å². The molecule has 4 heteroatoms. The highest BCUT2D eigenvalue weighted by molar-refractivity contribution is 6.31. The van der Waals surface area contributed by atoms with Gasteiger partial charge in [-0.1, -0.05) is 31.0 Å². The Morgan fingerprint density at radius 3 is 2.88 bits per heavy atom. The van der Waals surface area contributed by atoms with Crippen molar-refractivity contribution in [2.45, 2.75) is 26.3 Å². The van der Waals surface area contributed by atoms with Crippen LogP contribution in [0.15, 0.2) is 18.2 Å². The van der Waals surface area contributed by atoms with E-state index in [4.69, 9.17) is 17.3 Å². The number of benzene rings is 1. The first-order valence-electron chi connectivity index (χ1n) is 5.92. The van der Waals surface area contributed by atoms with Gasteiger partial charge in [-0.2, -0.15) is 0 Å². The van der Waals surface area contributed by atoms with E-state index in [1.807, 2.05) is 23.1 Å². The molecule has 0 aliphatic carbocycles. The van der Waals surface area contributed by atoms with Crippen LogP contribution in [-0.4, -0.2) is 17.4 Å². The highest BCUT2D eigenvalue weighted by Crippen LogP contribution is 2.27. The molecule has 0 saturated carbocycles. The van der Waals surface area contributed by atoms with Crippen molar-refractivity contribution in [1.29, 1.82) is 0 Å². The van der Waals surface area contributed by atoms with Crippen LogP contribution < -0.4 is 5.73 Å². The van der Waals surface area contributed by atoms with Gasteiger partial charge in [0, 0.05) is 35.8 Å². The molecular weight excluding hydrogens is 236 g/mol. The van der Waals surface area contributed by atoms with Crippen LogP contribution in [0.1, 0.15) is 25.3 Å². The second-order valence-electron chi connectivity index (χ2n) is 4.56. The minimum Gasteiger partial charge on any atom is -0.398 e. The minimum absolute atomic E-state index is 0.205. The van der Waals surface area contributed by atoms with Crippen molar-refractivity contribution in [3.05, 3.63) is 28.8 Å². The number of carbonyl (C=O) groups is 1. The first-order chi connectivity index (χ1) is 8.11. The fraction of sp³-hybridized carbons (Fsp3) is 0.462. The maximum Gasteiger partial charge on any atom is 0.223 e. The van der Waals surface area contributed by atoms with E-state index < -0.39 is 0 Å². The number of anilines is 1. The number of hydrogen-bond acceptors (Lipinski definition) is 2. The quantitative estimate of drug-likeness (QED) is 0.841. The number of nitrogens with two attached hydrogens (primary N) is 1. The van der Waals surface area contributed by atoms with Gasteiger partial charge < -0.3 is 10.6 Å². The van der Waals surface area contributed by atoms with E-state index >= 15 is 0 Å². The van der Waals surface area contributed by atoms with Crippen molar-refractivity contribution < 1.29 is 4.79 Å². The van der Waals surface area contributed by atoms with Crippen molar-refractivity contribution in [3.8, 4) is 0 Å². The van der Waals surface area contributed by atoms with Crippen molar-refractivity contribution in [3.63, 3.8) is 0 Å². The summed E-state index contributed by atoms with van der Waals surface area (Å²) in [6.45, 7) is 3.46. The van der Waals surface area contributed by atoms with E-state index in [2.05, 4.69) is 6.92 Å². The molecule has 1 amide bonds. The number of likely N-dealkylation sites (tertiary alicyclic amines) is 1. The lowest BCUT2D eigenvalue weighted by molar-refractivity contribution is -0.128. The number of rotatable bonds is 3. The maximum atomic E-state index is 11.8. The van der Waals surface area contributed by atoms with E-state index in [9.17, 15) is 4.79 Å². The third-order valence-corrected chi connectivity index (χ3v) is 3.73. The van der Waals surface area contributed by atoms with Crippen LogP contribution in [0, 0.1) is 5.92 Å². The number of amides is 1. The zero-order chi connectivity index (χ0) is 12.4. The predicted molar refractivity (Wildman–Crippen MR) is 69.7 cm³/mol. The molecule has 0 bridgehead atoms. The maximum absolute atomic E-state index is 11.8. The summed E-state index contributed by atoms with van der Waals surface area (Å²) in [4.78, 5) is 13.7. The first-order valence-corrected chi connectivity index (χ1v) is 6.30. The van der Waals surface area contributed by atoms with Crippen molar-refractivity contribution in [1.82, 2.24) is 4.90 Å². The Bertz CT molecular complexity index is 413. The Hall–Kier alpha value is -1.22. The van der Waals surface area contributed by atoms with Crippen LogP contribution in [0.25, 0.3) is 0 Å². The highest BCUT2D eigenvalue weighted by atomic mass is 35.5. The smallest absolute Gasteiger partial charge is 0.223 e. The monoisotopic (exact) mass is 252 g/mol. The molecule has 0 aromatic heterocycles. The summed E-state index contributed by atoms with van der Waals surface area (Å²) < 4.78 is 0. The molecule has 1 saturated heterocycles. The third-order valence-electron chi connectivity index (χ3n) is 3.38. The number of hydrogen-bond donors (Lipinski definition) is 1. The molecule has 2 rings (SSSR count). The molecule has 92 valence electrons. The van der Waals surface area contributed by atoms with Gasteiger partial charge in [0.25, 0.3) is 0 Å². The summed E-state index contributed by atoms with van der Waals surface area (Å²) in [5.41, 5.74) is 7.41. The molecule has 1 heterocycles. The molecule has 0 radical (unpaired) electrons. The number of nitrogen functional groups attached to an aromatic ring is 1. The van der Waals surface area contributed by atoms with Gasteiger partial charge in [-0.3, -0.25) is 4.79 Å². The lowest BCUT2D eigenvalue weighted by atomic mass is 10.1. The zero-order valence-corrected chi connectivity index (χ0v) is 10.7. The van der Waals surface area contributed by atoms with E-state index in [1.165, 1.54) is 0 Å². The lowest BCUT2D eigenvalue weighted by Gasteiger charge is -2.18. The predicted octanol–water partition coefficient (Wildman–Crippen LogP) is 2.68.